The molecule has 0 radical (unpaired) electrons. The van der Waals surface area contributed by atoms with Crippen LogP contribution in [0.25, 0.3) is 21.7 Å². The summed E-state index contributed by atoms with van der Waals surface area (Å²) < 4.78 is 2.62. The second kappa shape index (κ2) is 5.24. The van der Waals surface area contributed by atoms with Crippen molar-refractivity contribution in [1.29, 1.82) is 0 Å². The molecule has 0 saturated heterocycles. The number of halogens is 2. The van der Waals surface area contributed by atoms with E-state index in [1.807, 2.05) is 42.8 Å². The number of hydrogen-bond acceptors (Lipinski definition) is 3. The van der Waals surface area contributed by atoms with E-state index in [4.69, 9.17) is 17.3 Å². The van der Waals surface area contributed by atoms with Crippen LogP contribution in [0.15, 0.2) is 40.2 Å². The molecule has 6 heteroatoms. The summed E-state index contributed by atoms with van der Waals surface area (Å²) in [6.07, 6.45) is 0. The van der Waals surface area contributed by atoms with Gasteiger partial charge in [0.2, 0.25) is 0 Å². The van der Waals surface area contributed by atoms with Gasteiger partial charge in [0.1, 0.15) is 11.5 Å². The molecule has 3 aromatic rings. The van der Waals surface area contributed by atoms with Gasteiger partial charge in [-0.25, -0.2) is 0 Å². The maximum Gasteiger partial charge on any atom is 0.130 e. The molecule has 0 unspecified atom stereocenters. The number of aryl methyl sites for hydroxylation is 1. The normalized spacial score (nSPS) is 10.9. The van der Waals surface area contributed by atoms with E-state index in [1.165, 1.54) is 0 Å². The maximum atomic E-state index is 6.34. The van der Waals surface area contributed by atoms with Gasteiger partial charge in [-0.2, -0.15) is 5.10 Å². The van der Waals surface area contributed by atoms with E-state index in [2.05, 4.69) is 21.0 Å². The molecule has 3 rings (SSSR count). The van der Waals surface area contributed by atoms with Crippen molar-refractivity contribution in [2.24, 2.45) is 7.05 Å². The molecule has 102 valence electrons. The number of hydrogen-bond donors (Lipinski definition) is 1. The Kier molecular flexibility index (Phi) is 3.58. The first-order valence-corrected chi connectivity index (χ1v) is 7.94. The molecule has 0 aliphatic carbocycles. The molecule has 20 heavy (non-hydrogen) atoms. The Morgan fingerprint density at radius 3 is 2.80 bits per heavy atom. The minimum Gasteiger partial charge on any atom is -0.383 e. The number of aromatic nitrogens is 2. The second-order valence-electron chi connectivity index (χ2n) is 4.33. The molecule has 0 atom stereocenters. The number of nitrogens with two attached hydrogens (primary N) is 1. The molecular weight excluding hydrogens is 358 g/mol. The minimum absolute atomic E-state index is 0.640. The van der Waals surface area contributed by atoms with Crippen LogP contribution in [0, 0.1) is 0 Å². The fraction of sp³-hybridized carbons (Fsp3) is 0.0714. The van der Waals surface area contributed by atoms with Gasteiger partial charge in [-0.15, -0.1) is 11.3 Å². The third kappa shape index (κ3) is 2.26. The Balaban J connectivity index is 2.27. The highest BCUT2D eigenvalue weighted by molar-refractivity contribution is 9.10. The average Bonchev–Trinajstić information content (AvgIpc) is 2.99. The summed E-state index contributed by atoms with van der Waals surface area (Å²) in [5.74, 6) is 0.640. The van der Waals surface area contributed by atoms with Gasteiger partial charge in [0.25, 0.3) is 0 Å². The van der Waals surface area contributed by atoms with Crippen molar-refractivity contribution >= 4 is 44.7 Å². The lowest BCUT2D eigenvalue weighted by atomic mass is 10.1. The van der Waals surface area contributed by atoms with Gasteiger partial charge in [0, 0.05) is 22.0 Å². The third-order valence-corrected chi connectivity index (χ3v) is 4.74. The Morgan fingerprint density at radius 2 is 2.15 bits per heavy atom. The molecule has 0 aliphatic rings. The van der Waals surface area contributed by atoms with E-state index in [1.54, 1.807) is 16.0 Å². The number of benzene rings is 1. The highest BCUT2D eigenvalue weighted by Crippen LogP contribution is 2.41. The Bertz CT molecular complexity index is 765. The standard InChI is InChI=1S/C14H11BrClN3S/c1-19-14(17)12(11-3-2-6-20-11)13(18-19)9-5-4-8(15)7-10(9)16/h2-7H,17H2,1H3. The topological polar surface area (TPSA) is 43.8 Å². The van der Waals surface area contributed by atoms with Crippen LogP contribution in [0.4, 0.5) is 5.82 Å². The van der Waals surface area contributed by atoms with E-state index in [9.17, 15) is 0 Å². The van der Waals surface area contributed by atoms with Gasteiger partial charge < -0.3 is 5.73 Å². The van der Waals surface area contributed by atoms with Gasteiger partial charge in [-0.05, 0) is 23.6 Å². The summed E-state index contributed by atoms with van der Waals surface area (Å²) >= 11 is 11.4. The predicted octanol–water partition coefficient (Wildman–Crippen LogP) is 4.81. The lowest BCUT2D eigenvalue weighted by Gasteiger charge is -2.04. The molecule has 0 saturated carbocycles. The Labute approximate surface area is 134 Å². The number of rotatable bonds is 2. The van der Waals surface area contributed by atoms with Crippen LogP contribution in [0.2, 0.25) is 5.02 Å². The van der Waals surface area contributed by atoms with Crippen molar-refractivity contribution in [3.05, 3.63) is 45.2 Å². The van der Waals surface area contributed by atoms with Crippen molar-refractivity contribution in [3.8, 4) is 21.7 Å². The highest BCUT2D eigenvalue weighted by Gasteiger charge is 2.19. The lowest BCUT2D eigenvalue weighted by molar-refractivity contribution is 0.782. The number of anilines is 1. The first kappa shape index (κ1) is 13.7. The van der Waals surface area contributed by atoms with E-state index < -0.39 is 0 Å². The largest absolute Gasteiger partial charge is 0.383 e. The van der Waals surface area contributed by atoms with Crippen molar-refractivity contribution < 1.29 is 0 Å². The fourth-order valence-corrected chi connectivity index (χ4v) is 3.61. The van der Waals surface area contributed by atoms with Crippen LogP contribution in [-0.4, -0.2) is 9.78 Å². The van der Waals surface area contributed by atoms with E-state index in [0.29, 0.717) is 10.8 Å². The number of nitrogens with zero attached hydrogens (tertiary/aromatic N) is 2. The molecule has 2 aromatic heterocycles. The van der Waals surface area contributed by atoms with Gasteiger partial charge in [-0.1, -0.05) is 39.7 Å². The fourth-order valence-electron chi connectivity index (χ4n) is 2.07. The van der Waals surface area contributed by atoms with Crippen LogP contribution in [0.1, 0.15) is 0 Å². The molecule has 3 nitrogen and oxygen atoms in total. The third-order valence-electron chi connectivity index (χ3n) is 3.05. The zero-order valence-electron chi connectivity index (χ0n) is 10.6. The van der Waals surface area contributed by atoms with Crippen LogP contribution in [0.5, 0.6) is 0 Å². The molecule has 0 spiro atoms. The van der Waals surface area contributed by atoms with Crippen molar-refractivity contribution in [3.63, 3.8) is 0 Å². The van der Waals surface area contributed by atoms with Crippen LogP contribution < -0.4 is 5.73 Å². The van der Waals surface area contributed by atoms with Crippen LogP contribution in [-0.2, 0) is 7.05 Å². The molecule has 0 amide bonds. The summed E-state index contributed by atoms with van der Waals surface area (Å²) in [5, 5.41) is 7.20. The predicted molar refractivity (Wildman–Crippen MR) is 89.1 cm³/mol. The number of nitrogen functional groups attached to an aromatic ring is 1. The van der Waals surface area contributed by atoms with Crippen molar-refractivity contribution in [2.45, 2.75) is 0 Å². The smallest absolute Gasteiger partial charge is 0.130 e. The Hall–Kier alpha value is -1.30. The summed E-state index contributed by atoms with van der Waals surface area (Å²) in [7, 11) is 1.84. The first-order valence-electron chi connectivity index (χ1n) is 5.89. The molecule has 0 fully saturated rings. The van der Waals surface area contributed by atoms with E-state index in [0.717, 1.165) is 26.2 Å². The molecule has 0 aliphatic heterocycles. The minimum atomic E-state index is 0.640. The quantitative estimate of drug-likeness (QED) is 0.705. The molecule has 1 aromatic carbocycles. The molecule has 2 heterocycles. The average molecular weight is 369 g/mol. The molecular formula is C14H11BrClN3S. The van der Waals surface area contributed by atoms with Gasteiger partial charge in [-0.3, -0.25) is 4.68 Å². The van der Waals surface area contributed by atoms with E-state index >= 15 is 0 Å². The van der Waals surface area contributed by atoms with Crippen LogP contribution >= 0.6 is 38.9 Å². The Morgan fingerprint density at radius 1 is 1.35 bits per heavy atom. The summed E-state index contributed by atoms with van der Waals surface area (Å²) in [4.78, 5) is 1.09. The van der Waals surface area contributed by atoms with Crippen molar-refractivity contribution in [1.82, 2.24) is 9.78 Å². The monoisotopic (exact) mass is 367 g/mol. The molecule has 2 N–H and O–H groups in total. The van der Waals surface area contributed by atoms with Crippen LogP contribution in [0.3, 0.4) is 0 Å². The van der Waals surface area contributed by atoms with Gasteiger partial charge >= 0.3 is 0 Å². The van der Waals surface area contributed by atoms with Gasteiger partial charge in [0.15, 0.2) is 0 Å². The zero-order chi connectivity index (χ0) is 14.3. The lowest BCUT2D eigenvalue weighted by Crippen LogP contribution is -1.97. The second-order valence-corrected chi connectivity index (χ2v) is 6.60. The highest BCUT2D eigenvalue weighted by atomic mass is 79.9. The van der Waals surface area contributed by atoms with Crippen molar-refractivity contribution in [2.75, 3.05) is 5.73 Å². The first-order chi connectivity index (χ1) is 9.58. The SMILES string of the molecule is Cn1nc(-c2ccc(Br)cc2Cl)c(-c2cccs2)c1N. The number of thiophene rings is 1. The summed E-state index contributed by atoms with van der Waals surface area (Å²) in [6, 6.07) is 9.79. The zero-order valence-corrected chi connectivity index (χ0v) is 13.8. The maximum absolute atomic E-state index is 6.34. The summed E-state index contributed by atoms with van der Waals surface area (Å²) in [5.41, 5.74) is 8.79. The van der Waals surface area contributed by atoms with E-state index in [-0.39, 0.29) is 0 Å². The molecule has 0 bridgehead atoms. The summed E-state index contributed by atoms with van der Waals surface area (Å²) in [6.45, 7) is 0. The van der Waals surface area contributed by atoms with Gasteiger partial charge in [0.05, 0.1) is 10.6 Å².